The summed E-state index contributed by atoms with van der Waals surface area (Å²) in [4.78, 5) is 0. The summed E-state index contributed by atoms with van der Waals surface area (Å²) >= 11 is 0. The van der Waals surface area contributed by atoms with Gasteiger partial charge in [0.05, 0.1) is 14.2 Å². The third kappa shape index (κ3) is 4.58. The van der Waals surface area contributed by atoms with Gasteiger partial charge in [-0.15, -0.1) is 0 Å². The highest BCUT2D eigenvalue weighted by Crippen LogP contribution is 2.45. The first kappa shape index (κ1) is 22.0. The van der Waals surface area contributed by atoms with Crippen molar-refractivity contribution in [2.24, 2.45) is 0 Å². The Bertz CT molecular complexity index is 818. The van der Waals surface area contributed by atoms with Crippen LogP contribution >= 0.6 is 0 Å². The van der Waals surface area contributed by atoms with Gasteiger partial charge >= 0.3 is 6.18 Å². The van der Waals surface area contributed by atoms with E-state index in [1.165, 1.54) is 52.3 Å². The van der Waals surface area contributed by atoms with E-state index in [0.29, 0.717) is 0 Å². The molecule has 2 aromatic rings. The van der Waals surface area contributed by atoms with Crippen molar-refractivity contribution in [1.29, 1.82) is 0 Å². The first-order valence-corrected chi connectivity index (χ1v) is 8.68. The summed E-state index contributed by atoms with van der Waals surface area (Å²) in [6, 6.07) is 9.89. The molecule has 0 aliphatic carbocycles. The third-order valence-electron chi connectivity index (χ3n) is 4.83. The summed E-state index contributed by atoms with van der Waals surface area (Å²) in [5.41, 5.74) is -3.81. The molecule has 2 rings (SSSR count). The summed E-state index contributed by atoms with van der Waals surface area (Å²) in [5, 5.41) is 10.7. The fourth-order valence-corrected chi connectivity index (χ4v) is 3.46. The van der Waals surface area contributed by atoms with Crippen LogP contribution in [0.2, 0.25) is 0 Å². The van der Waals surface area contributed by atoms with Crippen LogP contribution in [-0.4, -0.2) is 31.1 Å². The minimum absolute atomic E-state index is 0.229. The van der Waals surface area contributed by atoms with Gasteiger partial charge in [-0.2, -0.15) is 13.2 Å². The van der Waals surface area contributed by atoms with Crippen LogP contribution in [-0.2, 0) is 11.8 Å². The number of rotatable bonds is 7. The van der Waals surface area contributed by atoms with Crippen LogP contribution in [0.5, 0.6) is 11.5 Å². The highest BCUT2D eigenvalue weighted by molar-refractivity contribution is 5.40. The second-order valence-electron chi connectivity index (χ2n) is 7.42. The van der Waals surface area contributed by atoms with Crippen LogP contribution in [0.15, 0.2) is 42.5 Å². The number of halogens is 4. The zero-order valence-corrected chi connectivity index (χ0v) is 16.2. The molecule has 3 nitrogen and oxygen atoms in total. The molecule has 0 aliphatic heterocycles. The average molecular weight is 400 g/mol. The Morgan fingerprint density at radius 1 is 0.929 bits per heavy atom. The van der Waals surface area contributed by atoms with E-state index in [9.17, 15) is 22.7 Å². The van der Waals surface area contributed by atoms with Crippen LogP contribution < -0.4 is 9.47 Å². The Hall–Kier alpha value is -2.28. The number of methoxy groups -OCH3 is 2. The minimum Gasteiger partial charge on any atom is -0.496 e. The molecule has 154 valence electrons. The third-order valence-corrected chi connectivity index (χ3v) is 4.83. The molecule has 0 aromatic heterocycles. The summed E-state index contributed by atoms with van der Waals surface area (Å²) in [7, 11) is 2.71. The Morgan fingerprint density at radius 2 is 1.54 bits per heavy atom. The molecule has 0 bridgehead atoms. The molecule has 1 atom stereocenters. The molecule has 0 aliphatic rings. The van der Waals surface area contributed by atoms with Crippen molar-refractivity contribution < 1.29 is 32.1 Å². The lowest BCUT2D eigenvalue weighted by molar-refractivity contribution is -0.266. The zero-order valence-electron chi connectivity index (χ0n) is 16.2. The fourth-order valence-electron chi connectivity index (χ4n) is 3.46. The van der Waals surface area contributed by atoms with Crippen LogP contribution in [0, 0.1) is 5.82 Å². The Balaban J connectivity index is 2.48. The van der Waals surface area contributed by atoms with Gasteiger partial charge in [-0.3, -0.25) is 0 Å². The molecule has 0 fully saturated rings. The standard InChI is InChI=1S/C21H24F4O3/c1-19(2,16-11-15(22)9-10-18(16)28-4)13-20(26,21(23,24)25)12-14-7-5-6-8-17(14)27-3/h5-11,26H,12-13H2,1-4H3. The smallest absolute Gasteiger partial charge is 0.417 e. The maximum Gasteiger partial charge on any atom is 0.417 e. The van der Waals surface area contributed by atoms with Crippen molar-refractivity contribution in [2.45, 2.75) is 43.9 Å². The van der Waals surface area contributed by atoms with Crippen molar-refractivity contribution in [3.05, 3.63) is 59.4 Å². The monoisotopic (exact) mass is 400 g/mol. The second kappa shape index (κ2) is 7.99. The van der Waals surface area contributed by atoms with Crippen LogP contribution in [0.4, 0.5) is 17.6 Å². The number of aliphatic hydroxyl groups is 1. The van der Waals surface area contributed by atoms with E-state index in [2.05, 4.69) is 0 Å². The normalized spacial score (nSPS) is 14.5. The number of benzene rings is 2. The molecule has 7 heteroatoms. The molecule has 0 saturated heterocycles. The molecule has 0 radical (unpaired) electrons. The average Bonchev–Trinajstić information content (AvgIpc) is 2.60. The van der Waals surface area contributed by atoms with Crippen LogP contribution in [0.25, 0.3) is 0 Å². The van der Waals surface area contributed by atoms with Gasteiger partial charge in [-0.05, 0) is 41.7 Å². The van der Waals surface area contributed by atoms with E-state index in [0.717, 1.165) is 6.07 Å². The molecular weight excluding hydrogens is 376 g/mol. The molecule has 1 unspecified atom stereocenters. The van der Waals surface area contributed by atoms with Crippen LogP contribution in [0.3, 0.4) is 0 Å². The van der Waals surface area contributed by atoms with Gasteiger partial charge in [0, 0.05) is 12.0 Å². The lowest BCUT2D eigenvalue weighted by Gasteiger charge is -2.38. The predicted molar refractivity (Wildman–Crippen MR) is 98.3 cm³/mol. The van der Waals surface area contributed by atoms with Gasteiger partial charge in [0.1, 0.15) is 17.3 Å². The summed E-state index contributed by atoms with van der Waals surface area (Å²) in [6.45, 7) is 3.03. The van der Waals surface area contributed by atoms with E-state index in [1.807, 2.05) is 0 Å². The van der Waals surface area contributed by atoms with Gasteiger partial charge < -0.3 is 14.6 Å². The number of hydrogen-bond donors (Lipinski definition) is 1. The van der Waals surface area contributed by atoms with Gasteiger partial charge in [0.15, 0.2) is 5.60 Å². The molecule has 0 saturated carbocycles. The Morgan fingerprint density at radius 3 is 2.11 bits per heavy atom. The maximum absolute atomic E-state index is 13.9. The molecule has 28 heavy (non-hydrogen) atoms. The topological polar surface area (TPSA) is 38.7 Å². The predicted octanol–water partition coefficient (Wildman–Crippen LogP) is 5.05. The number of alkyl halides is 3. The number of hydrogen-bond acceptors (Lipinski definition) is 3. The quantitative estimate of drug-likeness (QED) is 0.662. The van der Waals surface area contributed by atoms with Crippen molar-refractivity contribution >= 4 is 0 Å². The van der Waals surface area contributed by atoms with E-state index in [4.69, 9.17) is 9.47 Å². The van der Waals surface area contributed by atoms with E-state index < -0.39 is 35.9 Å². The highest BCUT2D eigenvalue weighted by atomic mass is 19.4. The Labute approximate surface area is 161 Å². The maximum atomic E-state index is 13.9. The van der Waals surface area contributed by atoms with Gasteiger partial charge in [0.2, 0.25) is 0 Å². The summed E-state index contributed by atoms with van der Waals surface area (Å²) in [5.74, 6) is -0.0799. The Kier molecular flexibility index (Phi) is 6.28. The number of ether oxygens (including phenoxy) is 2. The van der Waals surface area contributed by atoms with Gasteiger partial charge in [-0.25, -0.2) is 4.39 Å². The van der Waals surface area contributed by atoms with Gasteiger partial charge in [0.25, 0.3) is 0 Å². The molecule has 0 spiro atoms. The SMILES string of the molecule is COc1ccccc1CC(O)(CC(C)(C)c1cc(F)ccc1OC)C(F)(F)F. The van der Waals surface area contributed by atoms with Gasteiger partial charge in [-0.1, -0.05) is 32.0 Å². The van der Waals surface area contributed by atoms with Crippen molar-refractivity contribution in [3.63, 3.8) is 0 Å². The molecule has 2 aromatic carbocycles. The zero-order chi connectivity index (χ0) is 21.2. The van der Waals surface area contributed by atoms with Crippen molar-refractivity contribution in [1.82, 2.24) is 0 Å². The first-order chi connectivity index (χ1) is 12.9. The van der Waals surface area contributed by atoms with E-state index in [1.54, 1.807) is 12.1 Å². The molecular formula is C21H24F4O3. The summed E-state index contributed by atoms with van der Waals surface area (Å²) < 4.78 is 65.9. The van der Waals surface area contributed by atoms with Crippen LogP contribution in [0.1, 0.15) is 31.4 Å². The molecule has 1 N–H and O–H groups in total. The molecule has 0 heterocycles. The second-order valence-corrected chi connectivity index (χ2v) is 7.42. The minimum atomic E-state index is -4.91. The van der Waals surface area contributed by atoms with Crippen molar-refractivity contribution in [2.75, 3.05) is 14.2 Å². The largest absolute Gasteiger partial charge is 0.496 e. The molecule has 0 amide bonds. The highest BCUT2D eigenvalue weighted by Gasteiger charge is 2.56. The lowest BCUT2D eigenvalue weighted by Crippen LogP contribution is -2.50. The fraction of sp³-hybridized carbons (Fsp3) is 0.429. The van der Waals surface area contributed by atoms with E-state index in [-0.39, 0.29) is 22.6 Å². The van der Waals surface area contributed by atoms with E-state index >= 15 is 0 Å². The first-order valence-electron chi connectivity index (χ1n) is 8.68. The van der Waals surface area contributed by atoms with Crippen molar-refractivity contribution in [3.8, 4) is 11.5 Å². The number of para-hydroxylation sites is 1. The summed E-state index contributed by atoms with van der Waals surface area (Å²) in [6.07, 6.45) is -6.30. The lowest BCUT2D eigenvalue weighted by atomic mass is 9.72.